The number of anilines is 2. The number of carbonyl (C=O) groups is 1. The quantitative estimate of drug-likeness (QED) is 0.839. The molecule has 5 nitrogen and oxygen atoms in total. The lowest BCUT2D eigenvalue weighted by atomic mass is 10.1. The van der Waals surface area contributed by atoms with Crippen molar-refractivity contribution in [3.05, 3.63) is 18.3 Å². The van der Waals surface area contributed by atoms with E-state index in [2.05, 4.69) is 40.8 Å². The molecule has 1 saturated heterocycles. The second-order valence-electron chi connectivity index (χ2n) is 6.61. The molecule has 0 spiro atoms. The standard InChI is InChI=1S/C17H27N3O2/c1-13(2)11-20(12-14(3)17(21)22)15-6-7-16(18-10-15)19-8-4-5-9-19/h6-7,10,13-14H,4-5,8-9,11-12H2,1-3H3,(H,21,22). The summed E-state index contributed by atoms with van der Waals surface area (Å²) in [6.45, 7) is 9.55. The largest absolute Gasteiger partial charge is 0.481 e. The number of carboxylic acid groups (broad SMARTS) is 1. The molecule has 1 aliphatic heterocycles. The van der Waals surface area contributed by atoms with Gasteiger partial charge in [-0.2, -0.15) is 0 Å². The first-order valence-corrected chi connectivity index (χ1v) is 8.16. The Morgan fingerprint density at radius 2 is 1.95 bits per heavy atom. The maximum absolute atomic E-state index is 11.1. The van der Waals surface area contributed by atoms with E-state index in [1.165, 1.54) is 12.8 Å². The lowest BCUT2D eigenvalue weighted by Gasteiger charge is -2.28. The summed E-state index contributed by atoms with van der Waals surface area (Å²) in [5.74, 6) is 0.351. The van der Waals surface area contributed by atoms with Crippen molar-refractivity contribution in [2.75, 3.05) is 36.0 Å². The van der Waals surface area contributed by atoms with E-state index in [9.17, 15) is 4.79 Å². The molecule has 1 atom stereocenters. The third-order valence-electron chi connectivity index (χ3n) is 4.03. The molecule has 1 aromatic rings. The zero-order valence-electron chi connectivity index (χ0n) is 13.8. The fourth-order valence-corrected chi connectivity index (χ4v) is 2.83. The number of aliphatic carboxylic acids is 1. The van der Waals surface area contributed by atoms with Crippen LogP contribution in [-0.2, 0) is 4.79 Å². The van der Waals surface area contributed by atoms with Crippen molar-refractivity contribution in [2.45, 2.75) is 33.6 Å². The van der Waals surface area contributed by atoms with E-state index >= 15 is 0 Å². The highest BCUT2D eigenvalue weighted by molar-refractivity contribution is 5.70. The molecule has 1 aromatic heterocycles. The first kappa shape index (κ1) is 16.6. The van der Waals surface area contributed by atoms with E-state index in [0.717, 1.165) is 31.1 Å². The first-order chi connectivity index (χ1) is 10.5. The summed E-state index contributed by atoms with van der Waals surface area (Å²) < 4.78 is 0. The van der Waals surface area contributed by atoms with E-state index in [4.69, 9.17) is 5.11 Å². The molecule has 1 unspecified atom stereocenters. The number of carboxylic acids is 1. The van der Waals surface area contributed by atoms with E-state index < -0.39 is 11.9 Å². The van der Waals surface area contributed by atoms with Gasteiger partial charge in [0.15, 0.2) is 0 Å². The van der Waals surface area contributed by atoms with Crippen molar-refractivity contribution in [3.63, 3.8) is 0 Å². The Morgan fingerprint density at radius 1 is 1.27 bits per heavy atom. The second-order valence-corrected chi connectivity index (χ2v) is 6.61. The van der Waals surface area contributed by atoms with Crippen LogP contribution in [0.15, 0.2) is 18.3 Å². The van der Waals surface area contributed by atoms with Crippen molar-refractivity contribution < 1.29 is 9.90 Å². The van der Waals surface area contributed by atoms with Crippen LogP contribution < -0.4 is 9.80 Å². The van der Waals surface area contributed by atoms with E-state index in [1.807, 2.05) is 6.20 Å². The highest BCUT2D eigenvalue weighted by Crippen LogP contribution is 2.22. The fourth-order valence-electron chi connectivity index (χ4n) is 2.83. The summed E-state index contributed by atoms with van der Waals surface area (Å²) in [5, 5.41) is 9.15. The Bertz CT molecular complexity index is 481. The molecule has 0 radical (unpaired) electrons. The molecule has 0 amide bonds. The first-order valence-electron chi connectivity index (χ1n) is 8.16. The average Bonchev–Trinajstić information content (AvgIpc) is 3.00. The van der Waals surface area contributed by atoms with Crippen molar-refractivity contribution in [2.24, 2.45) is 11.8 Å². The summed E-state index contributed by atoms with van der Waals surface area (Å²) in [6, 6.07) is 4.12. The topological polar surface area (TPSA) is 56.7 Å². The monoisotopic (exact) mass is 305 g/mol. The van der Waals surface area contributed by atoms with Gasteiger partial charge in [0.2, 0.25) is 0 Å². The number of nitrogens with zero attached hydrogens (tertiary/aromatic N) is 3. The van der Waals surface area contributed by atoms with Gasteiger partial charge in [0.25, 0.3) is 0 Å². The Hall–Kier alpha value is -1.78. The van der Waals surface area contributed by atoms with Crippen molar-refractivity contribution in [1.82, 2.24) is 4.98 Å². The molecule has 0 saturated carbocycles. The van der Waals surface area contributed by atoms with Crippen molar-refractivity contribution in [3.8, 4) is 0 Å². The lowest BCUT2D eigenvalue weighted by molar-refractivity contribution is -0.140. The van der Waals surface area contributed by atoms with Gasteiger partial charge in [0, 0.05) is 26.2 Å². The molecule has 122 valence electrons. The summed E-state index contributed by atoms with van der Waals surface area (Å²) in [4.78, 5) is 20.1. The molecule has 1 fully saturated rings. The predicted octanol–water partition coefficient (Wildman–Crippen LogP) is 2.86. The van der Waals surface area contributed by atoms with E-state index in [-0.39, 0.29) is 0 Å². The number of aromatic nitrogens is 1. The minimum Gasteiger partial charge on any atom is -0.481 e. The van der Waals surface area contributed by atoms with Crippen LogP contribution in [0.5, 0.6) is 0 Å². The van der Waals surface area contributed by atoms with Crippen LogP contribution in [0.1, 0.15) is 33.6 Å². The van der Waals surface area contributed by atoms with Gasteiger partial charge in [0.1, 0.15) is 5.82 Å². The van der Waals surface area contributed by atoms with Crippen LogP contribution >= 0.6 is 0 Å². The normalized spacial score (nSPS) is 16.1. The van der Waals surface area contributed by atoms with Crippen molar-refractivity contribution >= 4 is 17.5 Å². The SMILES string of the molecule is CC(C)CN(CC(C)C(=O)O)c1ccc(N2CCCC2)nc1. The van der Waals surface area contributed by atoms with Crippen LogP contribution in [0.25, 0.3) is 0 Å². The minimum absolute atomic E-state index is 0.392. The number of hydrogen-bond acceptors (Lipinski definition) is 4. The van der Waals surface area contributed by atoms with Crippen LogP contribution in [-0.4, -0.2) is 42.2 Å². The Kier molecular flexibility index (Phi) is 5.63. The molecule has 22 heavy (non-hydrogen) atoms. The van der Waals surface area contributed by atoms with Crippen LogP contribution in [0.4, 0.5) is 11.5 Å². The third-order valence-corrected chi connectivity index (χ3v) is 4.03. The van der Waals surface area contributed by atoms with Gasteiger partial charge in [-0.05, 0) is 30.9 Å². The maximum Gasteiger partial charge on any atom is 0.308 e. The van der Waals surface area contributed by atoms with Gasteiger partial charge in [-0.3, -0.25) is 4.79 Å². The van der Waals surface area contributed by atoms with Crippen LogP contribution in [0.2, 0.25) is 0 Å². The van der Waals surface area contributed by atoms with Gasteiger partial charge in [-0.25, -0.2) is 4.98 Å². The molecular formula is C17H27N3O2. The zero-order valence-corrected chi connectivity index (χ0v) is 13.8. The van der Waals surface area contributed by atoms with E-state index in [0.29, 0.717) is 12.5 Å². The average molecular weight is 305 g/mol. The maximum atomic E-state index is 11.1. The molecule has 0 aliphatic carbocycles. The molecule has 2 rings (SSSR count). The Morgan fingerprint density at radius 3 is 2.45 bits per heavy atom. The van der Waals surface area contributed by atoms with Gasteiger partial charge < -0.3 is 14.9 Å². The molecule has 1 N–H and O–H groups in total. The van der Waals surface area contributed by atoms with Crippen molar-refractivity contribution in [1.29, 1.82) is 0 Å². The van der Waals surface area contributed by atoms with Crippen LogP contribution in [0.3, 0.4) is 0 Å². The Balaban J connectivity index is 2.10. The molecule has 2 heterocycles. The second kappa shape index (κ2) is 7.47. The smallest absolute Gasteiger partial charge is 0.308 e. The number of hydrogen-bond donors (Lipinski definition) is 1. The summed E-state index contributed by atoms with van der Waals surface area (Å²) in [7, 11) is 0. The zero-order chi connectivity index (χ0) is 16.1. The summed E-state index contributed by atoms with van der Waals surface area (Å²) in [5.41, 5.74) is 1.00. The van der Waals surface area contributed by atoms with Gasteiger partial charge in [0.05, 0.1) is 17.8 Å². The predicted molar refractivity (Wildman–Crippen MR) is 89.5 cm³/mol. The number of pyridine rings is 1. The molecule has 1 aliphatic rings. The Labute approximate surface area is 132 Å². The van der Waals surface area contributed by atoms with Gasteiger partial charge in [-0.1, -0.05) is 20.8 Å². The molecule has 0 bridgehead atoms. The fraction of sp³-hybridized carbons (Fsp3) is 0.647. The molecule has 0 aromatic carbocycles. The lowest BCUT2D eigenvalue weighted by Crippen LogP contribution is -2.34. The highest BCUT2D eigenvalue weighted by Gasteiger charge is 2.19. The third kappa shape index (κ3) is 4.36. The summed E-state index contributed by atoms with van der Waals surface area (Å²) >= 11 is 0. The van der Waals surface area contributed by atoms with E-state index in [1.54, 1.807) is 6.92 Å². The van der Waals surface area contributed by atoms with Crippen LogP contribution in [0, 0.1) is 11.8 Å². The number of rotatable bonds is 7. The summed E-state index contributed by atoms with van der Waals surface area (Å²) in [6.07, 6.45) is 4.35. The minimum atomic E-state index is -0.754. The van der Waals surface area contributed by atoms with Gasteiger partial charge >= 0.3 is 5.97 Å². The molecule has 5 heteroatoms. The highest BCUT2D eigenvalue weighted by atomic mass is 16.4. The van der Waals surface area contributed by atoms with Gasteiger partial charge in [-0.15, -0.1) is 0 Å². The molecular weight excluding hydrogens is 278 g/mol.